The largest absolute Gasteiger partial charge is 0.497 e. The van der Waals surface area contributed by atoms with E-state index in [1.807, 2.05) is 34.1 Å². The van der Waals surface area contributed by atoms with E-state index < -0.39 is 0 Å². The summed E-state index contributed by atoms with van der Waals surface area (Å²) >= 11 is 0. The molecule has 6 nitrogen and oxygen atoms in total. The molecule has 1 aliphatic rings. The van der Waals surface area contributed by atoms with Gasteiger partial charge in [0.15, 0.2) is 0 Å². The number of ether oxygens (including phenoxy) is 1. The zero-order valence-corrected chi connectivity index (χ0v) is 15.1. The molecular weight excluding hydrogens is 330 g/mol. The van der Waals surface area contributed by atoms with Crippen molar-refractivity contribution in [2.45, 2.75) is 19.3 Å². The zero-order chi connectivity index (χ0) is 18.4. The van der Waals surface area contributed by atoms with Crippen LogP contribution in [-0.2, 0) is 11.2 Å². The van der Waals surface area contributed by atoms with Gasteiger partial charge in [-0.2, -0.15) is 0 Å². The van der Waals surface area contributed by atoms with Gasteiger partial charge >= 0.3 is 0 Å². The number of nitrogens with one attached hydrogen (secondary N) is 1. The van der Waals surface area contributed by atoms with Crippen molar-refractivity contribution in [3.63, 3.8) is 0 Å². The van der Waals surface area contributed by atoms with E-state index in [-0.39, 0.29) is 11.8 Å². The third-order valence-electron chi connectivity index (χ3n) is 4.77. The van der Waals surface area contributed by atoms with Crippen molar-refractivity contribution in [1.82, 2.24) is 14.8 Å². The molecule has 2 amide bonds. The third kappa shape index (κ3) is 4.45. The molecule has 1 aliphatic heterocycles. The molecule has 2 heterocycles. The average Bonchev–Trinajstić information content (AvgIpc) is 3.10. The minimum Gasteiger partial charge on any atom is -0.497 e. The van der Waals surface area contributed by atoms with Crippen molar-refractivity contribution in [2.24, 2.45) is 0 Å². The molecule has 0 unspecified atom stereocenters. The summed E-state index contributed by atoms with van der Waals surface area (Å²) in [5.74, 6) is 0.996. The van der Waals surface area contributed by atoms with Gasteiger partial charge in [-0.15, -0.1) is 0 Å². The Hall–Kier alpha value is -2.76. The number of aryl methyl sites for hydroxylation is 1. The molecule has 3 rings (SSSR count). The number of carbonyl (C=O) groups is 2. The topological polar surface area (TPSA) is 65.6 Å². The van der Waals surface area contributed by atoms with Gasteiger partial charge in [0, 0.05) is 45.0 Å². The molecule has 26 heavy (non-hydrogen) atoms. The maximum absolute atomic E-state index is 12.5. The van der Waals surface area contributed by atoms with Gasteiger partial charge in [-0.05, 0) is 36.6 Å². The van der Waals surface area contributed by atoms with Crippen molar-refractivity contribution < 1.29 is 14.3 Å². The van der Waals surface area contributed by atoms with Crippen LogP contribution in [0.1, 0.15) is 28.8 Å². The number of aromatic amines is 1. The summed E-state index contributed by atoms with van der Waals surface area (Å²) in [5.41, 5.74) is 1.79. The van der Waals surface area contributed by atoms with Crippen LogP contribution in [0.2, 0.25) is 0 Å². The lowest BCUT2D eigenvalue weighted by Gasteiger charge is -2.22. The van der Waals surface area contributed by atoms with Crippen molar-refractivity contribution in [1.29, 1.82) is 0 Å². The number of hydrogen-bond acceptors (Lipinski definition) is 3. The maximum atomic E-state index is 12.5. The smallest absolute Gasteiger partial charge is 0.255 e. The lowest BCUT2D eigenvalue weighted by atomic mass is 10.1. The first-order valence-corrected chi connectivity index (χ1v) is 9.00. The average molecular weight is 355 g/mol. The first-order chi connectivity index (χ1) is 12.7. The van der Waals surface area contributed by atoms with Gasteiger partial charge in [0.25, 0.3) is 5.91 Å². The molecule has 1 fully saturated rings. The van der Waals surface area contributed by atoms with Crippen molar-refractivity contribution in [2.75, 3.05) is 33.3 Å². The number of amides is 2. The van der Waals surface area contributed by atoms with Crippen LogP contribution in [-0.4, -0.2) is 59.9 Å². The Balaban J connectivity index is 1.50. The molecular formula is C20H25N3O3. The van der Waals surface area contributed by atoms with Crippen LogP contribution in [0, 0.1) is 0 Å². The van der Waals surface area contributed by atoms with Crippen molar-refractivity contribution in [3.05, 3.63) is 53.9 Å². The number of nitrogens with zero attached hydrogens (tertiary/aromatic N) is 2. The normalized spacial score (nSPS) is 14.8. The second-order valence-corrected chi connectivity index (χ2v) is 6.47. The fourth-order valence-corrected chi connectivity index (χ4v) is 3.21. The summed E-state index contributed by atoms with van der Waals surface area (Å²) in [6.45, 7) is 2.57. The lowest BCUT2D eigenvalue weighted by Crippen LogP contribution is -2.37. The fraction of sp³-hybridized carbons (Fsp3) is 0.400. The molecule has 0 radical (unpaired) electrons. The summed E-state index contributed by atoms with van der Waals surface area (Å²) in [6.07, 6.45) is 5.47. The maximum Gasteiger partial charge on any atom is 0.255 e. The van der Waals surface area contributed by atoms with E-state index >= 15 is 0 Å². The fourth-order valence-electron chi connectivity index (χ4n) is 3.21. The van der Waals surface area contributed by atoms with Crippen LogP contribution in [0.3, 0.4) is 0 Å². The highest BCUT2D eigenvalue weighted by atomic mass is 16.5. The van der Waals surface area contributed by atoms with Gasteiger partial charge in [-0.25, -0.2) is 0 Å². The van der Waals surface area contributed by atoms with Crippen LogP contribution in [0.15, 0.2) is 42.7 Å². The Bertz CT molecular complexity index is 725. The summed E-state index contributed by atoms with van der Waals surface area (Å²) in [4.78, 5) is 31.6. The van der Waals surface area contributed by atoms with Gasteiger partial charge in [-0.3, -0.25) is 9.59 Å². The molecule has 138 valence electrons. The Kier molecular flexibility index (Phi) is 5.94. The van der Waals surface area contributed by atoms with E-state index in [9.17, 15) is 9.59 Å². The quantitative estimate of drug-likeness (QED) is 0.895. The van der Waals surface area contributed by atoms with E-state index in [1.165, 1.54) is 0 Å². The van der Waals surface area contributed by atoms with Crippen LogP contribution in [0.4, 0.5) is 0 Å². The van der Waals surface area contributed by atoms with E-state index in [4.69, 9.17) is 4.74 Å². The van der Waals surface area contributed by atoms with Crippen LogP contribution in [0.25, 0.3) is 0 Å². The monoisotopic (exact) mass is 355 g/mol. The molecule has 0 saturated carbocycles. The number of methoxy groups -OCH3 is 1. The van der Waals surface area contributed by atoms with Gasteiger partial charge in [0.1, 0.15) is 5.75 Å². The summed E-state index contributed by atoms with van der Waals surface area (Å²) in [6, 6.07) is 9.59. The number of carbonyl (C=O) groups excluding carboxylic acids is 2. The number of H-pyrrole nitrogens is 1. The number of aromatic nitrogens is 1. The van der Waals surface area contributed by atoms with E-state index in [0.717, 1.165) is 17.7 Å². The van der Waals surface area contributed by atoms with Crippen LogP contribution >= 0.6 is 0 Å². The number of hydrogen-bond donors (Lipinski definition) is 1. The standard InChI is InChI=1S/C20H25N3O3/c1-26-18-6-3-16(4-7-18)5-8-19(24)22-11-2-12-23(14-13-22)20(25)17-9-10-21-15-17/h3-4,6-7,9-10,15,21H,2,5,8,11-14H2,1H3. The molecule has 1 saturated heterocycles. The first-order valence-electron chi connectivity index (χ1n) is 9.00. The highest BCUT2D eigenvalue weighted by molar-refractivity contribution is 5.94. The van der Waals surface area contributed by atoms with Gasteiger partial charge < -0.3 is 19.5 Å². The molecule has 0 aliphatic carbocycles. The number of rotatable bonds is 5. The Morgan fingerprint density at radius 2 is 1.77 bits per heavy atom. The second kappa shape index (κ2) is 8.56. The molecule has 1 aromatic heterocycles. The molecule has 0 atom stereocenters. The van der Waals surface area contributed by atoms with Gasteiger partial charge in [-0.1, -0.05) is 12.1 Å². The summed E-state index contributed by atoms with van der Waals surface area (Å²) in [5, 5.41) is 0. The Morgan fingerprint density at radius 3 is 2.46 bits per heavy atom. The van der Waals surface area contributed by atoms with Crippen molar-refractivity contribution >= 4 is 11.8 Å². The van der Waals surface area contributed by atoms with Gasteiger partial charge in [0.05, 0.1) is 12.7 Å². The predicted octanol–water partition coefficient (Wildman–Crippen LogP) is 2.33. The molecule has 1 N–H and O–H groups in total. The zero-order valence-electron chi connectivity index (χ0n) is 15.1. The van der Waals surface area contributed by atoms with E-state index in [0.29, 0.717) is 44.6 Å². The lowest BCUT2D eigenvalue weighted by molar-refractivity contribution is -0.131. The molecule has 6 heteroatoms. The van der Waals surface area contributed by atoms with Crippen LogP contribution < -0.4 is 4.74 Å². The summed E-state index contributed by atoms with van der Waals surface area (Å²) in [7, 11) is 1.64. The van der Waals surface area contributed by atoms with E-state index in [2.05, 4.69) is 4.98 Å². The first kappa shape index (κ1) is 18.0. The Morgan fingerprint density at radius 1 is 1.04 bits per heavy atom. The van der Waals surface area contributed by atoms with Gasteiger partial charge in [0.2, 0.25) is 5.91 Å². The second-order valence-electron chi connectivity index (χ2n) is 6.47. The molecule has 1 aromatic carbocycles. The third-order valence-corrected chi connectivity index (χ3v) is 4.77. The minimum absolute atomic E-state index is 0.0266. The van der Waals surface area contributed by atoms with Crippen LogP contribution in [0.5, 0.6) is 5.75 Å². The van der Waals surface area contributed by atoms with E-state index in [1.54, 1.807) is 25.6 Å². The minimum atomic E-state index is 0.0266. The molecule has 0 bridgehead atoms. The molecule has 2 aromatic rings. The summed E-state index contributed by atoms with van der Waals surface area (Å²) < 4.78 is 5.15. The highest BCUT2D eigenvalue weighted by Gasteiger charge is 2.22. The SMILES string of the molecule is COc1ccc(CCC(=O)N2CCCN(C(=O)c3cc[nH]c3)CC2)cc1. The Labute approximate surface area is 153 Å². The number of benzene rings is 1. The molecule has 0 spiro atoms. The van der Waals surface area contributed by atoms with Crippen molar-refractivity contribution in [3.8, 4) is 5.75 Å². The predicted molar refractivity (Wildman–Crippen MR) is 99.2 cm³/mol. The highest BCUT2D eigenvalue weighted by Crippen LogP contribution is 2.14.